The first-order chi connectivity index (χ1) is 8.84. The number of carbonyl (C=O) groups is 4. The Hall–Kier alpha value is -2.12. The average molecular weight is 272 g/mol. The summed E-state index contributed by atoms with van der Waals surface area (Å²) < 4.78 is 0. The summed E-state index contributed by atoms with van der Waals surface area (Å²) in [6.45, 7) is -0.404. The van der Waals surface area contributed by atoms with Gasteiger partial charge in [0.15, 0.2) is 0 Å². The quantitative estimate of drug-likeness (QED) is 0.636. The average Bonchev–Trinajstić information content (AvgIpc) is 2.36. The SMILES string of the molecule is CN(CC(=O)O)C(=O)C(=O)N1CCCC[C@@H]1C(=O)O. The van der Waals surface area contributed by atoms with Crippen LogP contribution in [0.3, 0.4) is 0 Å². The summed E-state index contributed by atoms with van der Waals surface area (Å²) >= 11 is 0. The van der Waals surface area contributed by atoms with Crippen molar-refractivity contribution in [3.05, 3.63) is 0 Å². The molecule has 0 bridgehead atoms. The predicted octanol–water partition coefficient (Wildman–Crippen LogP) is -1.00. The van der Waals surface area contributed by atoms with Crippen molar-refractivity contribution in [1.29, 1.82) is 0 Å². The molecule has 2 N–H and O–H groups in total. The maximum atomic E-state index is 11.9. The van der Waals surface area contributed by atoms with E-state index < -0.39 is 36.3 Å². The molecule has 1 aliphatic heterocycles. The Balaban J connectivity index is 2.76. The number of amides is 2. The number of hydrogen-bond acceptors (Lipinski definition) is 4. The molecule has 0 unspecified atom stereocenters. The van der Waals surface area contributed by atoms with Crippen molar-refractivity contribution >= 4 is 23.8 Å². The van der Waals surface area contributed by atoms with E-state index in [9.17, 15) is 19.2 Å². The molecule has 1 saturated heterocycles. The molecule has 1 rings (SSSR count). The highest BCUT2D eigenvalue weighted by Gasteiger charge is 2.36. The number of piperidine rings is 1. The van der Waals surface area contributed by atoms with Crippen LogP contribution in [0.15, 0.2) is 0 Å². The molecular formula is C11H16N2O6. The van der Waals surface area contributed by atoms with E-state index in [1.54, 1.807) is 0 Å². The molecule has 1 fully saturated rings. The number of nitrogens with zero attached hydrogens (tertiary/aromatic N) is 2. The van der Waals surface area contributed by atoms with Gasteiger partial charge in [-0.25, -0.2) is 4.79 Å². The van der Waals surface area contributed by atoms with Gasteiger partial charge in [-0.15, -0.1) is 0 Å². The van der Waals surface area contributed by atoms with Crippen molar-refractivity contribution in [3.8, 4) is 0 Å². The molecule has 0 radical (unpaired) electrons. The first-order valence-corrected chi connectivity index (χ1v) is 5.85. The second kappa shape index (κ2) is 6.17. The lowest BCUT2D eigenvalue weighted by Gasteiger charge is -2.33. The van der Waals surface area contributed by atoms with Crippen LogP contribution in [-0.2, 0) is 19.2 Å². The van der Waals surface area contributed by atoms with Gasteiger partial charge in [-0.2, -0.15) is 0 Å². The summed E-state index contributed by atoms with van der Waals surface area (Å²) in [5.41, 5.74) is 0. The number of carboxylic acid groups (broad SMARTS) is 2. The fourth-order valence-electron chi connectivity index (χ4n) is 1.99. The molecular weight excluding hydrogens is 256 g/mol. The van der Waals surface area contributed by atoms with Gasteiger partial charge in [0.05, 0.1) is 0 Å². The van der Waals surface area contributed by atoms with Crippen LogP contribution in [0.1, 0.15) is 19.3 Å². The van der Waals surface area contributed by atoms with Gasteiger partial charge in [0, 0.05) is 13.6 Å². The summed E-state index contributed by atoms with van der Waals surface area (Å²) in [5, 5.41) is 17.6. The number of carboxylic acids is 2. The van der Waals surface area contributed by atoms with Gasteiger partial charge in [0.1, 0.15) is 12.6 Å². The summed E-state index contributed by atoms with van der Waals surface area (Å²) in [7, 11) is 1.19. The number of hydrogen-bond donors (Lipinski definition) is 2. The number of likely N-dealkylation sites (N-methyl/N-ethyl adjacent to an activating group) is 1. The zero-order chi connectivity index (χ0) is 14.6. The molecule has 0 spiro atoms. The third kappa shape index (κ3) is 3.67. The van der Waals surface area contributed by atoms with Crippen LogP contribution in [0.4, 0.5) is 0 Å². The molecule has 0 aliphatic carbocycles. The van der Waals surface area contributed by atoms with Crippen LogP contribution >= 0.6 is 0 Å². The second-order valence-corrected chi connectivity index (χ2v) is 4.40. The minimum absolute atomic E-state index is 0.197. The monoisotopic (exact) mass is 272 g/mol. The zero-order valence-electron chi connectivity index (χ0n) is 10.5. The summed E-state index contributed by atoms with van der Waals surface area (Å²) in [6.07, 6.45) is 1.61. The maximum absolute atomic E-state index is 11.9. The van der Waals surface area contributed by atoms with E-state index in [-0.39, 0.29) is 6.54 Å². The van der Waals surface area contributed by atoms with E-state index in [2.05, 4.69) is 0 Å². The predicted molar refractivity (Wildman–Crippen MR) is 62.3 cm³/mol. The first kappa shape index (κ1) is 14.9. The van der Waals surface area contributed by atoms with Gasteiger partial charge in [-0.1, -0.05) is 0 Å². The Kier molecular flexibility index (Phi) is 4.85. The number of carbonyl (C=O) groups excluding carboxylic acids is 2. The van der Waals surface area contributed by atoms with Crippen molar-refractivity contribution in [2.75, 3.05) is 20.1 Å². The van der Waals surface area contributed by atoms with Crippen LogP contribution in [0.2, 0.25) is 0 Å². The van der Waals surface area contributed by atoms with Gasteiger partial charge in [0.25, 0.3) is 0 Å². The van der Waals surface area contributed by atoms with E-state index in [0.29, 0.717) is 19.3 Å². The van der Waals surface area contributed by atoms with Crippen LogP contribution in [0.25, 0.3) is 0 Å². The highest BCUT2D eigenvalue weighted by atomic mass is 16.4. The molecule has 0 saturated carbocycles. The standard InChI is InChI=1S/C11H16N2O6/c1-12(6-8(14)15)9(16)10(17)13-5-3-2-4-7(13)11(18)19/h7H,2-6H2,1H3,(H,14,15)(H,18,19)/t7-/m1/s1. The van der Waals surface area contributed by atoms with Crippen LogP contribution in [0, 0.1) is 0 Å². The van der Waals surface area contributed by atoms with Crippen molar-refractivity contribution in [2.24, 2.45) is 0 Å². The summed E-state index contributed by atoms with van der Waals surface area (Å²) in [5.74, 6) is -4.36. The normalized spacial score (nSPS) is 18.8. The van der Waals surface area contributed by atoms with Crippen LogP contribution < -0.4 is 0 Å². The first-order valence-electron chi connectivity index (χ1n) is 5.85. The number of likely N-dealkylation sites (tertiary alicyclic amines) is 1. The van der Waals surface area contributed by atoms with Gasteiger partial charge in [-0.3, -0.25) is 14.4 Å². The summed E-state index contributed by atoms with van der Waals surface area (Å²) in [6, 6.07) is -1.01. The van der Waals surface area contributed by atoms with Crippen LogP contribution in [0.5, 0.6) is 0 Å². The molecule has 2 amide bonds. The van der Waals surface area contributed by atoms with Crippen molar-refractivity contribution in [2.45, 2.75) is 25.3 Å². The summed E-state index contributed by atoms with van der Waals surface area (Å²) in [4.78, 5) is 46.9. The van der Waals surface area contributed by atoms with Gasteiger partial charge in [-0.05, 0) is 19.3 Å². The third-order valence-corrected chi connectivity index (χ3v) is 2.95. The topological polar surface area (TPSA) is 115 Å². The molecule has 0 aromatic rings. The molecule has 8 nitrogen and oxygen atoms in total. The van der Waals surface area contributed by atoms with Gasteiger partial charge < -0.3 is 20.0 Å². The lowest BCUT2D eigenvalue weighted by molar-refractivity contribution is -0.160. The molecule has 0 aromatic carbocycles. The van der Waals surface area contributed by atoms with E-state index in [1.165, 1.54) is 7.05 Å². The Morgan fingerprint density at radius 3 is 2.37 bits per heavy atom. The van der Waals surface area contributed by atoms with E-state index in [4.69, 9.17) is 10.2 Å². The van der Waals surface area contributed by atoms with Gasteiger partial charge in [0.2, 0.25) is 0 Å². The molecule has 8 heteroatoms. The molecule has 1 atom stereocenters. The number of rotatable bonds is 3. The van der Waals surface area contributed by atoms with Crippen LogP contribution in [-0.4, -0.2) is 69.9 Å². The van der Waals surface area contributed by atoms with Gasteiger partial charge >= 0.3 is 23.8 Å². The molecule has 0 aromatic heterocycles. The minimum atomic E-state index is -1.24. The number of aliphatic carboxylic acids is 2. The largest absolute Gasteiger partial charge is 0.480 e. The van der Waals surface area contributed by atoms with E-state index >= 15 is 0 Å². The smallest absolute Gasteiger partial charge is 0.326 e. The van der Waals surface area contributed by atoms with E-state index in [0.717, 1.165) is 9.80 Å². The zero-order valence-corrected chi connectivity index (χ0v) is 10.5. The Bertz CT molecular complexity index is 408. The lowest BCUT2D eigenvalue weighted by atomic mass is 10.0. The third-order valence-electron chi connectivity index (χ3n) is 2.95. The maximum Gasteiger partial charge on any atom is 0.326 e. The van der Waals surface area contributed by atoms with Crippen molar-refractivity contribution < 1.29 is 29.4 Å². The lowest BCUT2D eigenvalue weighted by Crippen LogP contribution is -2.53. The Morgan fingerprint density at radius 1 is 1.21 bits per heavy atom. The molecule has 1 aliphatic rings. The fourth-order valence-corrected chi connectivity index (χ4v) is 1.99. The van der Waals surface area contributed by atoms with E-state index in [1.807, 2.05) is 0 Å². The molecule has 106 valence electrons. The van der Waals surface area contributed by atoms with Crippen molar-refractivity contribution in [3.63, 3.8) is 0 Å². The highest BCUT2D eigenvalue weighted by Crippen LogP contribution is 2.17. The Morgan fingerprint density at radius 2 is 1.84 bits per heavy atom. The molecule has 1 heterocycles. The highest BCUT2D eigenvalue weighted by molar-refractivity contribution is 6.35. The Labute approximate surface area is 109 Å². The van der Waals surface area contributed by atoms with Crippen molar-refractivity contribution in [1.82, 2.24) is 9.80 Å². The fraction of sp³-hybridized carbons (Fsp3) is 0.636. The molecule has 19 heavy (non-hydrogen) atoms. The second-order valence-electron chi connectivity index (χ2n) is 4.40. The minimum Gasteiger partial charge on any atom is -0.480 e.